The first kappa shape index (κ1) is 16.6. The van der Waals surface area contributed by atoms with E-state index in [1.807, 2.05) is 0 Å². The number of hydrogen-bond acceptors (Lipinski definition) is 5. The number of aromatic nitrogens is 3. The summed E-state index contributed by atoms with van der Waals surface area (Å²) in [6.07, 6.45) is 3.10. The van der Waals surface area contributed by atoms with Crippen LogP contribution in [0.15, 0.2) is 52.0 Å². The molecule has 25 heavy (non-hydrogen) atoms. The standard InChI is InChI=1S/C17H15FN4O3/c1-11-4-5-12(7-14(11)18)8-20-15(23)10-22-16(21-25-17(22)24)13-3-2-6-19-9-13/h2-7,9H,8,10H2,1H3,(H,20,23). The number of aryl methyl sites for hydroxylation is 1. The molecule has 1 N–H and O–H groups in total. The Bertz CT molecular complexity index is 950. The molecule has 0 bridgehead atoms. The minimum Gasteiger partial charge on any atom is -0.350 e. The molecule has 0 aliphatic heterocycles. The number of rotatable bonds is 5. The highest BCUT2D eigenvalue weighted by Gasteiger charge is 2.15. The van der Waals surface area contributed by atoms with E-state index in [0.717, 1.165) is 4.57 Å². The second-order valence-electron chi connectivity index (χ2n) is 5.46. The van der Waals surface area contributed by atoms with Crippen LogP contribution in [0.1, 0.15) is 11.1 Å². The van der Waals surface area contributed by atoms with Crippen molar-refractivity contribution in [3.05, 3.63) is 70.2 Å². The highest BCUT2D eigenvalue weighted by molar-refractivity contribution is 5.76. The number of carbonyl (C=O) groups is 1. The molecule has 1 aromatic carbocycles. The summed E-state index contributed by atoms with van der Waals surface area (Å²) >= 11 is 0. The zero-order valence-corrected chi connectivity index (χ0v) is 13.4. The Hall–Kier alpha value is -3.29. The number of amides is 1. The molecule has 0 unspecified atom stereocenters. The molecule has 2 aromatic heterocycles. The van der Waals surface area contributed by atoms with E-state index in [2.05, 4.69) is 20.0 Å². The highest BCUT2D eigenvalue weighted by Crippen LogP contribution is 2.13. The van der Waals surface area contributed by atoms with E-state index >= 15 is 0 Å². The van der Waals surface area contributed by atoms with E-state index in [-0.39, 0.29) is 24.7 Å². The average Bonchev–Trinajstić information content (AvgIpc) is 2.97. The van der Waals surface area contributed by atoms with E-state index in [1.54, 1.807) is 37.4 Å². The first-order valence-electron chi connectivity index (χ1n) is 7.53. The molecule has 3 aromatic rings. The Labute approximate surface area is 142 Å². The van der Waals surface area contributed by atoms with Crippen LogP contribution in [0, 0.1) is 12.7 Å². The van der Waals surface area contributed by atoms with Crippen LogP contribution < -0.4 is 11.1 Å². The van der Waals surface area contributed by atoms with Gasteiger partial charge in [0.05, 0.1) is 0 Å². The normalized spacial score (nSPS) is 10.6. The maximum atomic E-state index is 13.5. The van der Waals surface area contributed by atoms with Gasteiger partial charge in [-0.15, -0.1) is 0 Å². The maximum Gasteiger partial charge on any atom is 0.442 e. The predicted molar refractivity (Wildman–Crippen MR) is 87.0 cm³/mol. The third-order valence-electron chi connectivity index (χ3n) is 3.63. The zero-order valence-electron chi connectivity index (χ0n) is 13.4. The maximum absolute atomic E-state index is 13.5. The molecule has 0 aliphatic carbocycles. The fourth-order valence-electron chi connectivity index (χ4n) is 2.26. The molecule has 3 rings (SSSR count). The molecule has 0 fully saturated rings. The summed E-state index contributed by atoms with van der Waals surface area (Å²) in [5.74, 6) is -1.28. The summed E-state index contributed by atoms with van der Waals surface area (Å²) in [5, 5.41) is 6.32. The fraction of sp³-hybridized carbons (Fsp3) is 0.176. The van der Waals surface area contributed by atoms with Gasteiger partial charge >= 0.3 is 5.76 Å². The lowest BCUT2D eigenvalue weighted by molar-refractivity contribution is -0.121. The Balaban J connectivity index is 1.70. The zero-order chi connectivity index (χ0) is 17.8. The van der Waals surface area contributed by atoms with Crippen molar-refractivity contribution in [2.45, 2.75) is 20.0 Å². The number of halogens is 1. The van der Waals surface area contributed by atoms with Crippen molar-refractivity contribution in [3.63, 3.8) is 0 Å². The third-order valence-corrected chi connectivity index (χ3v) is 3.63. The topological polar surface area (TPSA) is 90.0 Å². The SMILES string of the molecule is Cc1ccc(CNC(=O)Cn2c(-c3cccnc3)noc2=O)cc1F. The second kappa shape index (κ2) is 7.08. The number of nitrogens with one attached hydrogen (secondary N) is 1. The number of pyridine rings is 1. The van der Waals surface area contributed by atoms with Gasteiger partial charge in [-0.2, -0.15) is 0 Å². The summed E-state index contributed by atoms with van der Waals surface area (Å²) in [4.78, 5) is 27.9. The largest absolute Gasteiger partial charge is 0.442 e. The number of benzene rings is 1. The Morgan fingerprint density at radius 3 is 2.92 bits per heavy atom. The number of carbonyl (C=O) groups excluding carboxylic acids is 1. The van der Waals surface area contributed by atoms with Crippen molar-refractivity contribution in [1.82, 2.24) is 20.0 Å². The third kappa shape index (κ3) is 3.79. The summed E-state index contributed by atoms with van der Waals surface area (Å²) in [5.41, 5.74) is 1.72. The summed E-state index contributed by atoms with van der Waals surface area (Å²) in [6, 6.07) is 8.12. The molecule has 0 saturated carbocycles. The molecule has 128 valence electrons. The minimum atomic E-state index is -0.740. The minimum absolute atomic E-state index is 0.151. The van der Waals surface area contributed by atoms with Gasteiger partial charge in [0.1, 0.15) is 12.4 Å². The van der Waals surface area contributed by atoms with Crippen LogP contribution in [-0.4, -0.2) is 20.6 Å². The van der Waals surface area contributed by atoms with E-state index in [1.165, 1.54) is 12.3 Å². The average molecular weight is 342 g/mol. The quantitative estimate of drug-likeness (QED) is 0.762. The van der Waals surface area contributed by atoms with Gasteiger partial charge in [-0.25, -0.2) is 13.8 Å². The molecule has 1 amide bonds. The van der Waals surface area contributed by atoms with Crippen molar-refractivity contribution < 1.29 is 13.7 Å². The van der Waals surface area contributed by atoms with Crippen molar-refractivity contribution in [3.8, 4) is 11.4 Å². The van der Waals surface area contributed by atoms with E-state index in [9.17, 15) is 14.0 Å². The Morgan fingerprint density at radius 2 is 2.20 bits per heavy atom. The van der Waals surface area contributed by atoms with Gasteiger partial charge in [-0.05, 0) is 36.2 Å². The van der Waals surface area contributed by atoms with Crippen molar-refractivity contribution in [1.29, 1.82) is 0 Å². The first-order valence-corrected chi connectivity index (χ1v) is 7.53. The van der Waals surface area contributed by atoms with Crippen LogP contribution in [0.3, 0.4) is 0 Å². The van der Waals surface area contributed by atoms with Crippen LogP contribution in [0.25, 0.3) is 11.4 Å². The second-order valence-corrected chi connectivity index (χ2v) is 5.46. The highest BCUT2D eigenvalue weighted by atomic mass is 19.1. The molecule has 0 radical (unpaired) electrons. The molecule has 0 saturated heterocycles. The van der Waals surface area contributed by atoms with Crippen LogP contribution in [-0.2, 0) is 17.9 Å². The van der Waals surface area contributed by atoms with Crippen molar-refractivity contribution in [2.24, 2.45) is 0 Å². The van der Waals surface area contributed by atoms with Crippen LogP contribution >= 0.6 is 0 Å². The molecular weight excluding hydrogens is 327 g/mol. The summed E-state index contributed by atoms with van der Waals surface area (Å²) in [7, 11) is 0. The van der Waals surface area contributed by atoms with Crippen molar-refractivity contribution in [2.75, 3.05) is 0 Å². The molecule has 8 heteroatoms. The van der Waals surface area contributed by atoms with Gasteiger partial charge in [0.15, 0.2) is 5.82 Å². The number of nitrogens with zero attached hydrogens (tertiary/aromatic N) is 3. The van der Waals surface area contributed by atoms with Gasteiger partial charge in [0, 0.05) is 24.5 Å². The van der Waals surface area contributed by atoms with Crippen LogP contribution in [0.4, 0.5) is 4.39 Å². The van der Waals surface area contributed by atoms with Gasteiger partial charge in [-0.1, -0.05) is 17.3 Å². The summed E-state index contributed by atoms with van der Waals surface area (Å²) < 4.78 is 19.3. The Morgan fingerprint density at radius 1 is 1.36 bits per heavy atom. The summed E-state index contributed by atoms with van der Waals surface area (Å²) in [6.45, 7) is 1.55. The fourth-order valence-corrected chi connectivity index (χ4v) is 2.26. The van der Waals surface area contributed by atoms with Crippen molar-refractivity contribution >= 4 is 5.91 Å². The first-order chi connectivity index (χ1) is 12.0. The van der Waals surface area contributed by atoms with Crippen LogP contribution in [0.2, 0.25) is 0 Å². The lowest BCUT2D eigenvalue weighted by Gasteiger charge is -2.07. The lowest BCUT2D eigenvalue weighted by Crippen LogP contribution is -2.30. The van der Waals surface area contributed by atoms with E-state index < -0.39 is 11.7 Å². The predicted octanol–water partition coefficient (Wildman–Crippen LogP) is 1.66. The van der Waals surface area contributed by atoms with Gasteiger partial charge in [-0.3, -0.25) is 14.3 Å². The molecule has 0 spiro atoms. The van der Waals surface area contributed by atoms with Gasteiger partial charge < -0.3 is 5.32 Å². The molecule has 0 aliphatic rings. The Kier molecular flexibility index (Phi) is 4.69. The van der Waals surface area contributed by atoms with Crippen LogP contribution in [0.5, 0.6) is 0 Å². The van der Waals surface area contributed by atoms with Gasteiger partial charge in [0.25, 0.3) is 0 Å². The van der Waals surface area contributed by atoms with E-state index in [0.29, 0.717) is 16.7 Å². The van der Waals surface area contributed by atoms with Gasteiger partial charge in [0.2, 0.25) is 5.91 Å². The molecule has 2 heterocycles. The smallest absolute Gasteiger partial charge is 0.350 e. The molecule has 7 nitrogen and oxygen atoms in total. The lowest BCUT2D eigenvalue weighted by atomic mass is 10.1. The molecule has 0 atom stereocenters. The number of hydrogen-bond donors (Lipinski definition) is 1. The van der Waals surface area contributed by atoms with E-state index in [4.69, 9.17) is 0 Å². The monoisotopic (exact) mass is 342 g/mol. The molecular formula is C17H15FN4O3.